The number of likely N-dealkylation sites (tertiary alicyclic amines) is 1. The van der Waals surface area contributed by atoms with Crippen LogP contribution in [0.1, 0.15) is 36.3 Å². The molecule has 1 aliphatic heterocycles. The summed E-state index contributed by atoms with van der Waals surface area (Å²) in [5.74, 6) is -0.226. The highest BCUT2D eigenvalue weighted by molar-refractivity contribution is 5.83. The molecule has 3 rings (SSSR count). The molecule has 1 amide bonds. The first-order chi connectivity index (χ1) is 10.9. The van der Waals surface area contributed by atoms with Gasteiger partial charge in [-0.1, -0.05) is 18.2 Å². The van der Waals surface area contributed by atoms with Gasteiger partial charge in [-0.05, 0) is 36.8 Å². The van der Waals surface area contributed by atoms with Crippen molar-refractivity contribution in [1.82, 2.24) is 4.90 Å². The van der Waals surface area contributed by atoms with Crippen molar-refractivity contribution in [3.8, 4) is 0 Å². The lowest BCUT2D eigenvalue weighted by molar-refractivity contribution is -0.137. The quantitative estimate of drug-likeness (QED) is 0.851. The summed E-state index contributed by atoms with van der Waals surface area (Å²) >= 11 is 0. The van der Waals surface area contributed by atoms with Gasteiger partial charge < -0.3 is 9.64 Å². The van der Waals surface area contributed by atoms with Crippen LogP contribution < -0.4 is 0 Å². The van der Waals surface area contributed by atoms with Gasteiger partial charge in [0.15, 0.2) is 0 Å². The molecule has 6 heteroatoms. The first-order valence-electron chi connectivity index (χ1n) is 7.89. The number of ether oxygens (including phenoxy) is 1. The number of carbonyl (C=O) groups excluding carboxylic acids is 1. The Morgan fingerprint density at radius 2 is 2.13 bits per heavy atom. The molecule has 126 valence electrons. The van der Waals surface area contributed by atoms with Crippen molar-refractivity contribution in [2.75, 3.05) is 20.2 Å². The Morgan fingerprint density at radius 1 is 1.35 bits per heavy atom. The predicted octanol–water partition coefficient (Wildman–Crippen LogP) is 3.45. The summed E-state index contributed by atoms with van der Waals surface area (Å²) in [6.07, 6.45) is -1.79. The highest BCUT2D eigenvalue weighted by Crippen LogP contribution is 2.49. The summed E-state index contributed by atoms with van der Waals surface area (Å²) in [4.78, 5) is 14.3. The smallest absolute Gasteiger partial charge is 0.380 e. The maximum atomic E-state index is 12.8. The van der Waals surface area contributed by atoms with E-state index in [1.807, 2.05) is 0 Å². The predicted molar refractivity (Wildman–Crippen MR) is 78.9 cm³/mol. The Labute approximate surface area is 133 Å². The molecule has 0 spiro atoms. The monoisotopic (exact) mass is 327 g/mol. The van der Waals surface area contributed by atoms with Crippen LogP contribution in [0.5, 0.6) is 0 Å². The van der Waals surface area contributed by atoms with Crippen molar-refractivity contribution in [2.45, 2.75) is 37.5 Å². The van der Waals surface area contributed by atoms with E-state index in [-0.39, 0.29) is 23.8 Å². The van der Waals surface area contributed by atoms with Crippen LogP contribution in [0, 0.1) is 5.92 Å². The summed E-state index contributed by atoms with van der Waals surface area (Å²) in [5, 5.41) is 0. The second kappa shape index (κ2) is 6.15. The fourth-order valence-corrected chi connectivity index (χ4v) is 3.35. The molecule has 0 bridgehead atoms. The fourth-order valence-electron chi connectivity index (χ4n) is 3.35. The molecule has 3 nitrogen and oxygen atoms in total. The summed E-state index contributed by atoms with van der Waals surface area (Å²) in [5.41, 5.74) is -0.0380. The third-order valence-electron chi connectivity index (χ3n) is 4.77. The minimum Gasteiger partial charge on any atom is -0.380 e. The standard InChI is InChI=1S/C17H20F3NO2/c1-23-13-6-3-7-21(10-13)16(22)15-9-14(15)11-4-2-5-12(8-11)17(18,19)20/h2,4-5,8,13-15H,3,6-7,9-10H2,1H3/t13-,14+,15-/m1/s1. The van der Waals surface area contributed by atoms with Gasteiger partial charge in [0.25, 0.3) is 0 Å². The minimum atomic E-state index is -4.34. The highest BCUT2D eigenvalue weighted by Gasteiger charge is 2.46. The molecule has 2 fully saturated rings. The first kappa shape index (κ1) is 16.3. The molecule has 0 N–H and O–H groups in total. The summed E-state index contributed by atoms with van der Waals surface area (Å²) in [6, 6.07) is 5.34. The van der Waals surface area contributed by atoms with E-state index in [1.54, 1.807) is 18.1 Å². The number of halogens is 3. The third-order valence-corrected chi connectivity index (χ3v) is 4.77. The summed E-state index contributed by atoms with van der Waals surface area (Å²) < 4.78 is 43.7. The molecule has 0 radical (unpaired) electrons. The molecule has 1 saturated carbocycles. The van der Waals surface area contributed by atoms with Crippen LogP contribution >= 0.6 is 0 Å². The van der Waals surface area contributed by atoms with E-state index in [4.69, 9.17) is 4.74 Å². The first-order valence-corrected chi connectivity index (χ1v) is 7.89. The third kappa shape index (κ3) is 3.52. The Hall–Kier alpha value is -1.56. The molecule has 2 aliphatic rings. The van der Waals surface area contributed by atoms with Crippen LogP contribution in [-0.4, -0.2) is 37.1 Å². The normalized spacial score (nSPS) is 27.8. The number of nitrogens with zero attached hydrogens (tertiary/aromatic N) is 1. The van der Waals surface area contributed by atoms with Crippen LogP contribution in [0.25, 0.3) is 0 Å². The van der Waals surface area contributed by atoms with Crippen LogP contribution in [0.4, 0.5) is 13.2 Å². The van der Waals surface area contributed by atoms with Crippen molar-refractivity contribution in [3.05, 3.63) is 35.4 Å². The van der Waals surface area contributed by atoms with Gasteiger partial charge in [0.1, 0.15) is 0 Å². The lowest BCUT2D eigenvalue weighted by atomic mass is 10.0. The average molecular weight is 327 g/mol. The lowest BCUT2D eigenvalue weighted by Crippen LogP contribution is -2.43. The molecule has 23 heavy (non-hydrogen) atoms. The Balaban J connectivity index is 1.66. The van der Waals surface area contributed by atoms with Gasteiger partial charge in [-0.2, -0.15) is 13.2 Å². The minimum absolute atomic E-state index is 0.0501. The number of rotatable bonds is 3. The van der Waals surface area contributed by atoms with Gasteiger partial charge in [-0.25, -0.2) is 0 Å². The van der Waals surface area contributed by atoms with E-state index in [0.717, 1.165) is 18.9 Å². The second-order valence-corrected chi connectivity index (χ2v) is 6.36. The Morgan fingerprint density at radius 3 is 2.83 bits per heavy atom. The van der Waals surface area contributed by atoms with Crippen LogP contribution in [-0.2, 0) is 15.7 Å². The number of amides is 1. The number of carbonyl (C=O) groups is 1. The van der Waals surface area contributed by atoms with Gasteiger partial charge in [-0.15, -0.1) is 0 Å². The largest absolute Gasteiger partial charge is 0.416 e. The Bertz CT molecular complexity index is 587. The molecule has 1 aliphatic carbocycles. The van der Waals surface area contributed by atoms with Crippen LogP contribution in [0.3, 0.4) is 0 Å². The van der Waals surface area contributed by atoms with Gasteiger partial charge in [-0.3, -0.25) is 4.79 Å². The fraction of sp³-hybridized carbons (Fsp3) is 0.588. The zero-order valence-corrected chi connectivity index (χ0v) is 13.0. The number of benzene rings is 1. The number of alkyl halides is 3. The van der Waals surface area contributed by atoms with Gasteiger partial charge in [0.05, 0.1) is 11.7 Å². The van der Waals surface area contributed by atoms with E-state index in [0.29, 0.717) is 25.1 Å². The molecule has 0 aromatic heterocycles. The molecule has 0 unspecified atom stereocenters. The number of hydrogen-bond donors (Lipinski definition) is 0. The molecular weight excluding hydrogens is 307 g/mol. The number of piperidine rings is 1. The van der Waals surface area contributed by atoms with Crippen molar-refractivity contribution >= 4 is 5.91 Å². The van der Waals surface area contributed by atoms with Crippen molar-refractivity contribution in [1.29, 1.82) is 0 Å². The summed E-state index contributed by atoms with van der Waals surface area (Å²) in [6.45, 7) is 1.30. The second-order valence-electron chi connectivity index (χ2n) is 6.36. The molecule has 1 heterocycles. The van der Waals surface area contributed by atoms with Crippen molar-refractivity contribution in [2.24, 2.45) is 5.92 Å². The van der Waals surface area contributed by atoms with Crippen molar-refractivity contribution < 1.29 is 22.7 Å². The molecular formula is C17H20F3NO2. The molecule has 1 aromatic rings. The zero-order chi connectivity index (χ0) is 16.6. The molecule has 3 atom stereocenters. The molecule has 1 saturated heterocycles. The SMILES string of the molecule is CO[C@@H]1CCCN(C(=O)[C@@H]2C[C@H]2c2cccc(C(F)(F)F)c2)C1. The van der Waals surface area contributed by atoms with E-state index >= 15 is 0 Å². The highest BCUT2D eigenvalue weighted by atomic mass is 19.4. The van der Waals surface area contributed by atoms with Crippen LogP contribution in [0.15, 0.2) is 24.3 Å². The van der Waals surface area contributed by atoms with E-state index < -0.39 is 11.7 Å². The van der Waals surface area contributed by atoms with Gasteiger partial charge in [0.2, 0.25) is 5.91 Å². The van der Waals surface area contributed by atoms with Crippen LogP contribution in [0.2, 0.25) is 0 Å². The maximum Gasteiger partial charge on any atom is 0.416 e. The van der Waals surface area contributed by atoms with E-state index in [2.05, 4.69) is 0 Å². The average Bonchev–Trinajstić information content (AvgIpc) is 3.34. The number of hydrogen-bond acceptors (Lipinski definition) is 2. The molecule has 1 aromatic carbocycles. The van der Waals surface area contributed by atoms with E-state index in [1.165, 1.54) is 12.1 Å². The Kier molecular flexibility index (Phi) is 4.36. The lowest BCUT2D eigenvalue weighted by Gasteiger charge is -2.32. The topological polar surface area (TPSA) is 29.5 Å². The zero-order valence-electron chi connectivity index (χ0n) is 13.0. The summed E-state index contributed by atoms with van der Waals surface area (Å²) in [7, 11) is 1.64. The van der Waals surface area contributed by atoms with Gasteiger partial charge in [0, 0.05) is 26.1 Å². The van der Waals surface area contributed by atoms with Gasteiger partial charge >= 0.3 is 6.18 Å². The number of methoxy groups -OCH3 is 1. The maximum absolute atomic E-state index is 12.8. The van der Waals surface area contributed by atoms with Crippen molar-refractivity contribution in [3.63, 3.8) is 0 Å². The van der Waals surface area contributed by atoms with E-state index in [9.17, 15) is 18.0 Å².